The van der Waals surface area contributed by atoms with E-state index in [1.165, 1.54) is 0 Å². The minimum atomic E-state index is -0.628. The van der Waals surface area contributed by atoms with Gasteiger partial charge in [-0.1, -0.05) is 30.1 Å². The third-order valence-electron chi connectivity index (χ3n) is 3.94. The number of amides is 2. The van der Waals surface area contributed by atoms with Crippen LogP contribution in [-0.2, 0) is 14.3 Å². The molecule has 0 unspecified atom stereocenters. The summed E-state index contributed by atoms with van der Waals surface area (Å²) < 4.78 is 5.07. The first-order valence-corrected chi connectivity index (χ1v) is 9.26. The molecule has 3 rings (SSSR count). The Kier molecular flexibility index (Phi) is 6.02. The van der Waals surface area contributed by atoms with Crippen molar-refractivity contribution in [2.45, 2.75) is 13.3 Å². The van der Waals surface area contributed by atoms with Gasteiger partial charge < -0.3 is 10.1 Å². The molecule has 144 valence electrons. The Morgan fingerprint density at radius 1 is 1.00 bits per heavy atom. The van der Waals surface area contributed by atoms with Crippen LogP contribution in [0, 0.1) is 0 Å². The Morgan fingerprint density at radius 2 is 1.64 bits per heavy atom. The van der Waals surface area contributed by atoms with Crippen molar-refractivity contribution in [3.8, 4) is 0 Å². The van der Waals surface area contributed by atoms with E-state index in [4.69, 9.17) is 27.9 Å². The van der Waals surface area contributed by atoms with Crippen LogP contribution in [-0.4, -0.2) is 24.4 Å². The minimum Gasteiger partial charge on any atom is -0.462 e. The Labute approximate surface area is 171 Å². The molecular weight excluding hydrogens is 403 g/mol. The predicted molar refractivity (Wildman–Crippen MR) is 107 cm³/mol. The lowest BCUT2D eigenvalue weighted by Gasteiger charge is -2.15. The zero-order valence-electron chi connectivity index (χ0n) is 14.9. The highest BCUT2D eigenvalue weighted by Crippen LogP contribution is 2.30. The number of hydrogen-bond acceptors (Lipinski definition) is 5. The Morgan fingerprint density at radius 3 is 2.25 bits per heavy atom. The number of hydrogen-bond donors (Lipinski definition) is 1. The summed E-state index contributed by atoms with van der Waals surface area (Å²) in [7, 11) is 0. The van der Waals surface area contributed by atoms with Gasteiger partial charge in [0.15, 0.2) is 0 Å². The van der Waals surface area contributed by atoms with Gasteiger partial charge in [-0.3, -0.25) is 9.59 Å². The molecule has 0 fully saturated rings. The van der Waals surface area contributed by atoms with Crippen molar-refractivity contribution in [3.63, 3.8) is 0 Å². The molecule has 1 aliphatic rings. The first-order valence-electron chi connectivity index (χ1n) is 8.50. The molecule has 1 aliphatic heterocycles. The molecule has 6 nitrogen and oxygen atoms in total. The first-order chi connectivity index (χ1) is 13.4. The van der Waals surface area contributed by atoms with Gasteiger partial charge in [0.1, 0.15) is 10.7 Å². The molecule has 2 amide bonds. The van der Waals surface area contributed by atoms with Crippen LogP contribution >= 0.6 is 23.2 Å². The van der Waals surface area contributed by atoms with Gasteiger partial charge in [-0.05, 0) is 55.0 Å². The molecule has 1 N–H and O–H groups in total. The summed E-state index contributed by atoms with van der Waals surface area (Å²) in [5, 5.41) is 3.12. The Balaban J connectivity index is 1.76. The fourth-order valence-corrected chi connectivity index (χ4v) is 2.89. The van der Waals surface area contributed by atoms with E-state index in [9.17, 15) is 14.4 Å². The van der Waals surface area contributed by atoms with E-state index in [1.807, 2.05) is 6.92 Å². The lowest BCUT2D eigenvalue weighted by Crippen LogP contribution is -2.32. The number of benzene rings is 2. The fourth-order valence-electron chi connectivity index (χ4n) is 2.55. The summed E-state index contributed by atoms with van der Waals surface area (Å²) in [5.41, 5.74) is 1.21. The van der Waals surface area contributed by atoms with Crippen LogP contribution in [0.4, 0.5) is 11.4 Å². The maximum atomic E-state index is 12.7. The smallest absolute Gasteiger partial charge is 0.338 e. The van der Waals surface area contributed by atoms with Crippen LogP contribution in [0.15, 0.2) is 59.3 Å². The minimum absolute atomic E-state index is 0.0390. The van der Waals surface area contributed by atoms with Crippen molar-refractivity contribution < 1.29 is 19.1 Å². The number of imide groups is 1. The number of halogens is 2. The number of carbonyl (C=O) groups is 3. The number of nitrogens with zero attached hydrogens (tertiary/aromatic N) is 1. The summed E-state index contributed by atoms with van der Waals surface area (Å²) in [5.74, 6) is -1.63. The molecule has 8 heteroatoms. The van der Waals surface area contributed by atoms with Gasteiger partial charge in [0.2, 0.25) is 0 Å². The number of ether oxygens (including phenoxy) is 1. The third kappa shape index (κ3) is 4.03. The third-order valence-corrected chi connectivity index (χ3v) is 4.54. The average molecular weight is 419 g/mol. The van der Waals surface area contributed by atoms with Gasteiger partial charge in [0.05, 0.1) is 17.9 Å². The van der Waals surface area contributed by atoms with Crippen LogP contribution in [0.25, 0.3) is 0 Å². The van der Waals surface area contributed by atoms with Gasteiger partial charge in [0, 0.05) is 10.7 Å². The Bertz CT molecular complexity index is 953. The first kappa shape index (κ1) is 19.9. The highest BCUT2D eigenvalue weighted by Gasteiger charge is 2.38. The van der Waals surface area contributed by atoms with Gasteiger partial charge in [-0.2, -0.15) is 0 Å². The van der Waals surface area contributed by atoms with E-state index in [0.29, 0.717) is 28.6 Å². The molecule has 28 heavy (non-hydrogen) atoms. The Hall–Kier alpha value is -2.83. The van der Waals surface area contributed by atoms with Crippen LogP contribution in [0.1, 0.15) is 23.7 Å². The molecule has 0 aliphatic carbocycles. The highest BCUT2D eigenvalue weighted by atomic mass is 35.5. The van der Waals surface area contributed by atoms with Crippen molar-refractivity contribution in [1.29, 1.82) is 0 Å². The molecule has 0 atom stereocenters. The predicted octanol–water partition coefficient (Wildman–Crippen LogP) is 4.34. The number of nitrogens with one attached hydrogen (secondary N) is 1. The summed E-state index contributed by atoms with van der Waals surface area (Å²) in [6, 6.07) is 12.6. The van der Waals surface area contributed by atoms with Gasteiger partial charge >= 0.3 is 5.97 Å². The monoisotopic (exact) mass is 418 g/mol. The maximum Gasteiger partial charge on any atom is 0.338 e. The van der Waals surface area contributed by atoms with E-state index in [0.717, 1.165) is 11.3 Å². The molecule has 0 radical (unpaired) electrons. The number of rotatable bonds is 6. The van der Waals surface area contributed by atoms with E-state index in [-0.39, 0.29) is 10.7 Å². The van der Waals surface area contributed by atoms with Crippen LogP contribution in [0.2, 0.25) is 5.02 Å². The van der Waals surface area contributed by atoms with Crippen LogP contribution in [0.5, 0.6) is 0 Å². The standard InChI is InChI=1S/C20H16Cl2N2O4/c1-2-11-28-20(27)12-3-7-14(8-4-12)23-17-16(22)18(25)24(19(17)26)15-9-5-13(21)6-10-15/h3-10,23H,2,11H2,1H3. The second-order valence-electron chi connectivity index (χ2n) is 5.95. The van der Waals surface area contributed by atoms with Gasteiger partial charge in [-0.15, -0.1) is 0 Å². The van der Waals surface area contributed by atoms with Gasteiger partial charge in [-0.25, -0.2) is 9.69 Å². The molecule has 0 bridgehead atoms. The lowest BCUT2D eigenvalue weighted by atomic mass is 10.2. The highest BCUT2D eigenvalue weighted by molar-refractivity contribution is 6.53. The summed E-state index contributed by atoms with van der Waals surface area (Å²) in [6.07, 6.45) is 0.734. The number of carbonyl (C=O) groups excluding carboxylic acids is 3. The number of esters is 1. The molecule has 0 spiro atoms. The second kappa shape index (κ2) is 8.46. The normalized spacial score (nSPS) is 13.9. The summed E-state index contributed by atoms with van der Waals surface area (Å²) in [6.45, 7) is 2.25. The van der Waals surface area contributed by atoms with E-state index in [1.54, 1.807) is 48.5 Å². The maximum absolute atomic E-state index is 12.7. The van der Waals surface area contributed by atoms with Crippen LogP contribution < -0.4 is 10.2 Å². The van der Waals surface area contributed by atoms with E-state index < -0.39 is 17.8 Å². The quantitative estimate of drug-likeness (QED) is 0.557. The van der Waals surface area contributed by atoms with E-state index in [2.05, 4.69) is 5.32 Å². The summed E-state index contributed by atoms with van der Waals surface area (Å²) >= 11 is 11.9. The molecule has 0 aromatic heterocycles. The van der Waals surface area contributed by atoms with Crippen molar-refractivity contribution in [2.75, 3.05) is 16.8 Å². The van der Waals surface area contributed by atoms with Crippen molar-refractivity contribution in [3.05, 3.63) is 69.8 Å². The molecule has 2 aromatic rings. The number of anilines is 2. The molecular formula is C20H16Cl2N2O4. The van der Waals surface area contributed by atoms with E-state index >= 15 is 0 Å². The van der Waals surface area contributed by atoms with Crippen molar-refractivity contribution in [1.82, 2.24) is 0 Å². The average Bonchev–Trinajstić information content (AvgIpc) is 2.91. The molecule has 0 saturated carbocycles. The van der Waals surface area contributed by atoms with Crippen LogP contribution in [0.3, 0.4) is 0 Å². The SMILES string of the molecule is CCCOC(=O)c1ccc(NC2=C(Cl)C(=O)N(c3ccc(Cl)cc3)C2=O)cc1. The second-order valence-corrected chi connectivity index (χ2v) is 6.76. The lowest BCUT2D eigenvalue weighted by molar-refractivity contribution is -0.120. The zero-order valence-corrected chi connectivity index (χ0v) is 16.4. The molecule has 0 saturated heterocycles. The zero-order chi connectivity index (χ0) is 20.3. The molecule has 1 heterocycles. The van der Waals surface area contributed by atoms with Crippen molar-refractivity contribution in [2.24, 2.45) is 0 Å². The van der Waals surface area contributed by atoms with Gasteiger partial charge in [0.25, 0.3) is 11.8 Å². The largest absolute Gasteiger partial charge is 0.462 e. The topological polar surface area (TPSA) is 75.7 Å². The van der Waals surface area contributed by atoms with Crippen molar-refractivity contribution >= 4 is 52.4 Å². The summed E-state index contributed by atoms with van der Waals surface area (Å²) in [4.78, 5) is 37.9. The fraction of sp³-hybridized carbons (Fsp3) is 0.150. The molecule has 2 aromatic carbocycles.